The van der Waals surface area contributed by atoms with Crippen molar-refractivity contribution in [3.63, 3.8) is 0 Å². The van der Waals surface area contributed by atoms with Crippen LogP contribution < -0.4 is 0 Å². The normalized spacial score (nSPS) is 15.1. The molecule has 0 spiro atoms. The molecule has 0 saturated carbocycles. The van der Waals surface area contributed by atoms with Crippen molar-refractivity contribution in [2.45, 2.75) is 137 Å². The van der Waals surface area contributed by atoms with Gasteiger partial charge in [0.2, 0.25) is 0 Å². The van der Waals surface area contributed by atoms with Crippen molar-refractivity contribution < 1.29 is 14.3 Å². The van der Waals surface area contributed by atoms with E-state index >= 15 is 0 Å². The van der Waals surface area contributed by atoms with Crippen molar-refractivity contribution in [3.8, 4) is 33.6 Å². The fourth-order valence-electron chi connectivity index (χ4n) is 6.84. The lowest BCUT2D eigenvalue weighted by Crippen LogP contribution is -2.36. The highest BCUT2D eigenvalue weighted by Crippen LogP contribution is 2.33. The standard InChI is InChI=1S/C43H61N5O3/c1-42(2,3)26-14-12-10-8-7-9-11-13-15-28-50-32-47-31-44-30-39(47)36-24-20-34(21-25-36)33-18-22-35(23-19-33)37-29-45-40(46-37)38-17-16-27-48(38)41(49)51-43(4,5)6/h18-25,29-31,38H,7-17,26-28,32H2,1-6H3,(H,45,46). The van der Waals surface area contributed by atoms with E-state index in [2.05, 4.69) is 88.8 Å². The molecule has 0 radical (unpaired) electrons. The van der Waals surface area contributed by atoms with Gasteiger partial charge in [-0.25, -0.2) is 14.8 Å². The van der Waals surface area contributed by atoms with Crippen LogP contribution in [0.1, 0.15) is 130 Å². The largest absolute Gasteiger partial charge is 0.444 e. The Balaban J connectivity index is 1.04. The lowest BCUT2D eigenvalue weighted by molar-refractivity contribution is 0.0218. The first kappa shape index (κ1) is 38.3. The summed E-state index contributed by atoms with van der Waals surface area (Å²) in [5.74, 6) is 0.802. The number of imidazole rings is 2. The molecule has 8 heteroatoms. The first-order valence-electron chi connectivity index (χ1n) is 19.3. The quantitative estimate of drug-likeness (QED) is 0.111. The average molecular weight is 696 g/mol. The summed E-state index contributed by atoms with van der Waals surface area (Å²) in [5.41, 5.74) is 6.41. The van der Waals surface area contributed by atoms with E-state index in [-0.39, 0.29) is 12.1 Å². The van der Waals surface area contributed by atoms with E-state index in [1.54, 1.807) is 4.90 Å². The first-order valence-corrected chi connectivity index (χ1v) is 19.3. The molecule has 2 aromatic carbocycles. The summed E-state index contributed by atoms with van der Waals surface area (Å²) >= 11 is 0. The fraction of sp³-hybridized carbons (Fsp3) is 0.558. The molecule has 1 aliphatic rings. The maximum atomic E-state index is 12.8. The number of amides is 1. The highest BCUT2D eigenvalue weighted by atomic mass is 16.6. The van der Waals surface area contributed by atoms with E-state index in [0.29, 0.717) is 18.7 Å². The zero-order valence-electron chi connectivity index (χ0n) is 32.0. The van der Waals surface area contributed by atoms with Gasteiger partial charge in [0.1, 0.15) is 18.2 Å². The van der Waals surface area contributed by atoms with Gasteiger partial charge >= 0.3 is 6.09 Å². The number of aromatic amines is 1. The Morgan fingerprint density at radius 2 is 1.37 bits per heavy atom. The number of aromatic nitrogens is 4. The summed E-state index contributed by atoms with van der Waals surface area (Å²) in [7, 11) is 0. The SMILES string of the molecule is CC(C)(C)CCCCCCCCCCCOCn1cncc1-c1ccc(-c2ccc(-c3cnc(C4CCCN4C(=O)OC(C)(C)C)[nH]3)cc2)cc1. The molecule has 1 amide bonds. The molecule has 0 aliphatic carbocycles. The lowest BCUT2D eigenvalue weighted by atomic mass is 9.89. The van der Waals surface area contributed by atoms with Gasteiger partial charge in [-0.15, -0.1) is 0 Å². The van der Waals surface area contributed by atoms with Crippen LogP contribution in [-0.2, 0) is 16.2 Å². The molecule has 3 heterocycles. The third-order valence-electron chi connectivity index (χ3n) is 9.66. The van der Waals surface area contributed by atoms with Crippen molar-refractivity contribution in [2.24, 2.45) is 5.41 Å². The minimum Gasteiger partial charge on any atom is -0.444 e. The molecule has 4 aromatic rings. The van der Waals surface area contributed by atoms with Crippen molar-refractivity contribution in [3.05, 3.63) is 73.1 Å². The first-order chi connectivity index (χ1) is 24.5. The number of carbonyl (C=O) groups is 1. The fourth-order valence-corrected chi connectivity index (χ4v) is 6.84. The number of ether oxygens (including phenoxy) is 2. The summed E-state index contributed by atoms with van der Waals surface area (Å²) < 4.78 is 13.8. The zero-order valence-corrected chi connectivity index (χ0v) is 32.0. The highest BCUT2D eigenvalue weighted by molar-refractivity contribution is 5.72. The molecule has 5 rings (SSSR count). The molecule has 8 nitrogen and oxygen atoms in total. The highest BCUT2D eigenvalue weighted by Gasteiger charge is 2.34. The Morgan fingerprint density at radius 3 is 2.00 bits per heavy atom. The van der Waals surface area contributed by atoms with Crippen LogP contribution in [0, 0.1) is 5.41 Å². The van der Waals surface area contributed by atoms with E-state index < -0.39 is 5.60 Å². The molecule has 1 aliphatic heterocycles. The van der Waals surface area contributed by atoms with Crippen LogP contribution in [0.15, 0.2) is 67.3 Å². The van der Waals surface area contributed by atoms with Gasteiger partial charge in [-0.1, -0.05) is 121 Å². The Labute approximate surface area is 306 Å². The second-order valence-electron chi connectivity index (χ2n) is 16.4. The number of nitrogens with one attached hydrogen (secondary N) is 1. The van der Waals surface area contributed by atoms with Gasteiger partial charge in [0, 0.05) is 13.2 Å². The predicted molar refractivity (Wildman–Crippen MR) is 207 cm³/mol. The van der Waals surface area contributed by atoms with Crippen molar-refractivity contribution in [1.82, 2.24) is 24.4 Å². The number of likely N-dealkylation sites (tertiary alicyclic amines) is 1. The number of benzene rings is 2. The summed E-state index contributed by atoms with van der Waals surface area (Å²) in [5, 5.41) is 0. The van der Waals surface area contributed by atoms with Crippen molar-refractivity contribution in [1.29, 1.82) is 0 Å². The van der Waals surface area contributed by atoms with E-state index in [1.807, 2.05) is 39.5 Å². The number of nitrogens with zero attached hydrogens (tertiary/aromatic N) is 4. The van der Waals surface area contributed by atoms with Crippen LogP contribution in [0.25, 0.3) is 33.6 Å². The van der Waals surface area contributed by atoms with Gasteiger partial charge in [-0.05, 0) is 74.1 Å². The van der Waals surface area contributed by atoms with Crippen molar-refractivity contribution >= 4 is 6.09 Å². The molecule has 1 atom stereocenters. The molecule has 1 N–H and O–H groups in total. The van der Waals surface area contributed by atoms with Gasteiger partial charge in [0.05, 0.1) is 36.2 Å². The second kappa shape index (κ2) is 18.0. The molecule has 1 saturated heterocycles. The topological polar surface area (TPSA) is 85.3 Å². The van der Waals surface area contributed by atoms with Gasteiger partial charge in [0.15, 0.2) is 0 Å². The van der Waals surface area contributed by atoms with Gasteiger partial charge in [0.25, 0.3) is 0 Å². The molecule has 51 heavy (non-hydrogen) atoms. The average Bonchev–Trinajstić information content (AvgIpc) is 3.87. The Bertz CT molecular complexity index is 1630. The minimum absolute atomic E-state index is 0.0998. The molecular weight excluding hydrogens is 635 g/mol. The molecule has 0 bridgehead atoms. The number of H-pyrrole nitrogens is 1. The second-order valence-corrected chi connectivity index (χ2v) is 16.4. The molecule has 276 valence electrons. The van der Waals surface area contributed by atoms with E-state index in [9.17, 15) is 4.79 Å². The molecule has 1 fully saturated rings. The predicted octanol–water partition coefficient (Wildman–Crippen LogP) is 11.6. The minimum atomic E-state index is -0.525. The van der Waals surface area contributed by atoms with E-state index in [1.165, 1.54) is 57.8 Å². The van der Waals surface area contributed by atoms with Crippen LogP contribution in [0.2, 0.25) is 0 Å². The molecular formula is C43H61N5O3. The zero-order chi connectivity index (χ0) is 36.3. The van der Waals surface area contributed by atoms with Crippen LogP contribution in [-0.4, -0.2) is 49.3 Å². The number of unbranched alkanes of at least 4 members (excludes halogenated alkanes) is 8. The maximum absolute atomic E-state index is 12.8. The van der Waals surface area contributed by atoms with Crippen LogP contribution in [0.4, 0.5) is 4.79 Å². The van der Waals surface area contributed by atoms with Crippen LogP contribution >= 0.6 is 0 Å². The third kappa shape index (κ3) is 11.8. The monoisotopic (exact) mass is 695 g/mol. The summed E-state index contributed by atoms with van der Waals surface area (Å²) in [4.78, 5) is 27.1. The van der Waals surface area contributed by atoms with Gasteiger partial charge in [-0.3, -0.25) is 4.90 Å². The Kier molecular flexibility index (Phi) is 13.5. The Morgan fingerprint density at radius 1 is 0.784 bits per heavy atom. The third-order valence-corrected chi connectivity index (χ3v) is 9.66. The van der Waals surface area contributed by atoms with Gasteiger partial charge in [-0.2, -0.15) is 0 Å². The number of hydrogen-bond acceptors (Lipinski definition) is 5. The summed E-state index contributed by atoms with van der Waals surface area (Å²) in [6.45, 7) is 14.7. The molecule has 1 unspecified atom stereocenters. The van der Waals surface area contributed by atoms with Crippen molar-refractivity contribution in [2.75, 3.05) is 13.2 Å². The van der Waals surface area contributed by atoms with E-state index in [0.717, 1.165) is 65.3 Å². The number of carbonyl (C=O) groups excluding carboxylic acids is 1. The number of rotatable bonds is 17. The van der Waals surface area contributed by atoms with E-state index in [4.69, 9.17) is 9.47 Å². The lowest BCUT2D eigenvalue weighted by Gasteiger charge is -2.27. The van der Waals surface area contributed by atoms with Gasteiger partial charge < -0.3 is 19.0 Å². The smallest absolute Gasteiger partial charge is 0.410 e. The van der Waals surface area contributed by atoms with Crippen LogP contribution in [0.3, 0.4) is 0 Å². The molecule has 2 aromatic heterocycles. The number of hydrogen-bond donors (Lipinski definition) is 1. The maximum Gasteiger partial charge on any atom is 0.410 e. The summed E-state index contributed by atoms with van der Waals surface area (Å²) in [6, 6.07) is 17.0. The Hall–Kier alpha value is -3.91. The van der Waals surface area contributed by atoms with Crippen LogP contribution in [0.5, 0.6) is 0 Å². The summed E-state index contributed by atoms with van der Waals surface area (Å²) in [6.07, 6.45) is 20.4.